The lowest BCUT2D eigenvalue weighted by Gasteiger charge is -2.33. The second-order valence-corrected chi connectivity index (χ2v) is 11.5. The molecule has 2 aliphatic heterocycles. The van der Waals surface area contributed by atoms with Gasteiger partial charge in [0.2, 0.25) is 0 Å². The van der Waals surface area contributed by atoms with Crippen LogP contribution in [0.5, 0.6) is 0 Å². The molecule has 0 spiro atoms. The lowest BCUT2D eigenvalue weighted by molar-refractivity contribution is -0.145. The molecule has 2 N–H and O–H groups in total. The first-order chi connectivity index (χ1) is 19.4. The summed E-state index contributed by atoms with van der Waals surface area (Å²) in [6, 6.07) is 16.2. The normalized spacial score (nSPS) is 21.7. The van der Waals surface area contributed by atoms with Gasteiger partial charge < -0.3 is 20.1 Å². The third kappa shape index (κ3) is 9.03. The van der Waals surface area contributed by atoms with Crippen molar-refractivity contribution < 1.29 is 23.8 Å². The summed E-state index contributed by atoms with van der Waals surface area (Å²) in [4.78, 5) is 27.8. The summed E-state index contributed by atoms with van der Waals surface area (Å²) in [6.07, 6.45) is 8.10. The summed E-state index contributed by atoms with van der Waals surface area (Å²) in [6.45, 7) is 4.05. The quantitative estimate of drug-likeness (QED) is 0.461. The standard InChI is InChI=1S/C18H24FNO2.C14H20N2O2/c19-16-8-4-7-14(11-16)15-9-10-20(12-15)17(18(21)22)13-5-2-1-3-6-13;1-16-9-7-13(8-10-16)18-14(17)15-11-12-5-3-2-4-6-12/h4,7-8,11,13,15,17H,1-3,5-6,9-10,12H2,(H,21,22);2-6,13H,7-11H2,1H3,(H,15,17). The van der Waals surface area contributed by atoms with Gasteiger partial charge in [0.1, 0.15) is 18.0 Å². The molecule has 1 saturated carbocycles. The summed E-state index contributed by atoms with van der Waals surface area (Å²) in [7, 11) is 2.09. The molecule has 2 saturated heterocycles. The molecule has 3 fully saturated rings. The minimum absolute atomic E-state index is 0.0666. The first kappa shape index (κ1) is 30.0. The van der Waals surface area contributed by atoms with Crippen LogP contribution in [-0.4, -0.2) is 72.3 Å². The summed E-state index contributed by atoms with van der Waals surface area (Å²) in [5.41, 5.74) is 2.08. The van der Waals surface area contributed by atoms with Gasteiger partial charge in [-0.3, -0.25) is 9.69 Å². The van der Waals surface area contributed by atoms with Crippen LogP contribution in [-0.2, 0) is 16.1 Å². The van der Waals surface area contributed by atoms with Gasteiger partial charge in [-0.25, -0.2) is 9.18 Å². The molecule has 2 aromatic carbocycles. The predicted molar refractivity (Wildman–Crippen MR) is 154 cm³/mol. The van der Waals surface area contributed by atoms with Crippen molar-refractivity contribution in [2.24, 2.45) is 5.92 Å². The third-order valence-corrected chi connectivity index (χ3v) is 8.50. The Balaban J connectivity index is 0.000000189. The van der Waals surface area contributed by atoms with E-state index in [1.165, 1.54) is 12.5 Å². The number of carbonyl (C=O) groups excluding carboxylic acids is 1. The van der Waals surface area contributed by atoms with Gasteiger partial charge in [0.05, 0.1) is 0 Å². The number of carboxylic acid groups (broad SMARTS) is 1. The summed E-state index contributed by atoms with van der Waals surface area (Å²) in [5, 5.41) is 12.5. The van der Waals surface area contributed by atoms with Crippen molar-refractivity contribution in [3.63, 3.8) is 0 Å². The van der Waals surface area contributed by atoms with Crippen molar-refractivity contribution in [2.75, 3.05) is 33.2 Å². The van der Waals surface area contributed by atoms with Crippen LogP contribution in [0.1, 0.15) is 68.4 Å². The fourth-order valence-corrected chi connectivity index (χ4v) is 6.24. The van der Waals surface area contributed by atoms with Crippen LogP contribution < -0.4 is 5.32 Å². The van der Waals surface area contributed by atoms with Crippen molar-refractivity contribution >= 4 is 12.1 Å². The topological polar surface area (TPSA) is 82.1 Å². The molecule has 2 unspecified atom stereocenters. The molecule has 3 aliphatic rings. The van der Waals surface area contributed by atoms with Gasteiger partial charge in [-0.2, -0.15) is 0 Å². The first-order valence-electron chi connectivity index (χ1n) is 14.8. The zero-order valence-corrected chi connectivity index (χ0v) is 23.6. The maximum absolute atomic E-state index is 13.4. The molecule has 5 rings (SSSR count). The van der Waals surface area contributed by atoms with E-state index in [1.807, 2.05) is 36.4 Å². The number of nitrogens with zero attached hydrogens (tertiary/aromatic N) is 2. The third-order valence-electron chi connectivity index (χ3n) is 8.50. The second kappa shape index (κ2) is 15.1. The molecule has 2 atom stereocenters. The van der Waals surface area contributed by atoms with Crippen LogP contribution >= 0.6 is 0 Å². The maximum atomic E-state index is 13.4. The molecular formula is C32H44FN3O4. The van der Waals surface area contributed by atoms with Crippen LogP contribution in [0.3, 0.4) is 0 Å². The Morgan fingerprint density at radius 2 is 1.70 bits per heavy atom. The van der Waals surface area contributed by atoms with Gasteiger partial charge in [-0.1, -0.05) is 61.7 Å². The minimum Gasteiger partial charge on any atom is -0.480 e. The molecule has 2 heterocycles. The molecule has 0 aromatic heterocycles. The average Bonchev–Trinajstić information content (AvgIpc) is 3.44. The van der Waals surface area contributed by atoms with Crippen molar-refractivity contribution in [1.82, 2.24) is 15.1 Å². The van der Waals surface area contributed by atoms with E-state index in [4.69, 9.17) is 4.74 Å². The predicted octanol–water partition coefficient (Wildman–Crippen LogP) is 5.66. The van der Waals surface area contributed by atoms with Gasteiger partial charge in [0, 0.05) is 26.2 Å². The van der Waals surface area contributed by atoms with Crippen molar-refractivity contribution in [3.05, 3.63) is 71.5 Å². The van der Waals surface area contributed by atoms with E-state index in [-0.39, 0.29) is 35.9 Å². The number of carboxylic acids is 1. The Bertz CT molecular complexity index is 1070. The Hall–Kier alpha value is -2.97. The number of carbonyl (C=O) groups is 2. The van der Waals surface area contributed by atoms with Crippen molar-refractivity contribution in [3.8, 4) is 0 Å². The highest BCUT2D eigenvalue weighted by Crippen LogP contribution is 2.34. The molecule has 1 aliphatic carbocycles. The van der Waals surface area contributed by atoms with E-state index in [0.717, 1.165) is 82.3 Å². The highest BCUT2D eigenvalue weighted by molar-refractivity contribution is 5.74. The molecule has 1 amide bonds. The molecular weight excluding hydrogens is 509 g/mol. The van der Waals surface area contributed by atoms with Crippen molar-refractivity contribution in [1.29, 1.82) is 0 Å². The van der Waals surface area contributed by atoms with Crippen molar-refractivity contribution in [2.45, 2.75) is 76.0 Å². The fraction of sp³-hybridized carbons (Fsp3) is 0.562. The average molecular weight is 554 g/mol. The van der Waals surface area contributed by atoms with Crippen LogP contribution in [0.25, 0.3) is 0 Å². The van der Waals surface area contributed by atoms with Gasteiger partial charge in [-0.15, -0.1) is 0 Å². The lowest BCUT2D eigenvalue weighted by Crippen LogP contribution is -2.45. The highest BCUT2D eigenvalue weighted by Gasteiger charge is 2.38. The van der Waals surface area contributed by atoms with Gasteiger partial charge in [0.15, 0.2) is 0 Å². The Labute approximate surface area is 237 Å². The Kier molecular flexibility index (Phi) is 11.4. The largest absolute Gasteiger partial charge is 0.480 e. The van der Waals surface area contributed by atoms with E-state index >= 15 is 0 Å². The number of nitrogens with one attached hydrogen (secondary N) is 1. The summed E-state index contributed by atoms with van der Waals surface area (Å²) < 4.78 is 18.8. The SMILES string of the molecule is CN1CCC(OC(=O)NCc2ccccc2)CC1.O=C(O)C(C1CCCCC1)N1CCC(c2cccc(F)c2)C1. The summed E-state index contributed by atoms with van der Waals surface area (Å²) in [5.74, 6) is -0.372. The molecule has 2 aromatic rings. The number of likely N-dealkylation sites (tertiary alicyclic amines) is 2. The van der Waals surface area contributed by atoms with E-state index in [2.05, 4.69) is 22.2 Å². The number of ether oxygens (including phenoxy) is 1. The Morgan fingerprint density at radius 3 is 2.38 bits per heavy atom. The summed E-state index contributed by atoms with van der Waals surface area (Å²) >= 11 is 0. The number of hydrogen-bond donors (Lipinski definition) is 2. The number of amides is 1. The monoisotopic (exact) mass is 553 g/mol. The fourth-order valence-electron chi connectivity index (χ4n) is 6.24. The molecule has 0 radical (unpaired) electrons. The van der Waals surface area contributed by atoms with Crippen LogP contribution in [0.2, 0.25) is 0 Å². The zero-order chi connectivity index (χ0) is 28.3. The number of halogens is 1. The number of hydrogen-bond acceptors (Lipinski definition) is 5. The van der Waals surface area contributed by atoms with E-state index in [1.54, 1.807) is 12.1 Å². The van der Waals surface area contributed by atoms with Crippen LogP contribution in [0, 0.1) is 11.7 Å². The number of piperidine rings is 1. The van der Waals surface area contributed by atoms with Gasteiger partial charge in [-0.05, 0) is 80.8 Å². The molecule has 7 nitrogen and oxygen atoms in total. The lowest BCUT2D eigenvalue weighted by atomic mass is 9.83. The number of benzene rings is 2. The highest BCUT2D eigenvalue weighted by atomic mass is 19.1. The molecule has 0 bridgehead atoms. The van der Waals surface area contributed by atoms with Crippen LogP contribution in [0.15, 0.2) is 54.6 Å². The minimum atomic E-state index is -0.688. The zero-order valence-electron chi connectivity index (χ0n) is 23.6. The Morgan fingerprint density at radius 1 is 0.975 bits per heavy atom. The smallest absolute Gasteiger partial charge is 0.407 e. The van der Waals surface area contributed by atoms with Gasteiger partial charge >= 0.3 is 12.1 Å². The van der Waals surface area contributed by atoms with E-state index < -0.39 is 5.97 Å². The van der Waals surface area contributed by atoms with Crippen LogP contribution in [0.4, 0.5) is 9.18 Å². The van der Waals surface area contributed by atoms with Gasteiger partial charge in [0.25, 0.3) is 0 Å². The molecule has 40 heavy (non-hydrogen) atoms. The molecule has 218 valence electrons. The number of rotatable bonds is 7. The second-order valence-electron chi connectivity index (χ2n) is 11.5. The first-order valence-corrected chi connectivity index (χ1v) is 14.8. The maximum Gasteiger partial charge on any atom is 0.407 e. The number of alkyl carbamates (subject to hydrolysis) is 1. The van der Waals surface area contributed by atoms with E-state index in [0.29, 0.717) is 6.54 Å². The number of aliphatic carboxylic acids is 1. The molecule has 8 heteroatoms. The van der Waals surface area contributed by atoms with E-state index in [9.17, 15) is 19.1 Å².